The monoisotopic (exact) mass is 309 g/mol. The van der Waals surface area contributed by atoms with Crippen LogP contribution in [-0.2, 0) is 4.79 Å². The van der Waals surface area contributed by atoms with Crippen LogP contribution in [0.2, 0.25) is 0 Å². The van der Waals surface area contributed by atoms with Gasteiger partial charge in [-0.15, -0.1) is 0 Å². The molecule has 0 spiro atoms. The lowest BCUT2D eigenvalue weighted by Gasteiger charge is -2.37. The molecule has 0 aliphatic carbocycles. The van der Waals surface area contributed by atoms with Crippen molar-refractivity contribution in [2.45, 2.75) is 58.9 Å². The lowest BCUT2D eigenvalue weighted by Crippen LogP contribution is -2.44. The Morgan fingerprint density at radius 3 is 2.18 bits per heavy atom. The van der Waals surface area contributed by atoms with Crippen LogP contribution < -0.4 is 5.32 Å². The third-order valence-corrected chi connectivity index (χ3v) is 5.31. The highest BCUT2D eigenvalue weighted by atomic mass is 16.2. The van der Waals surface area contributed by atoms with Gasteiger partial charge in [0.2, 0.25) is 5.91 Å². The maximum atomic E-state index is 11.7. The van der Waals surface area contributed by atoms with Gasteiger partial charge in [-0.3, -0.25) is 4.79 Å². The largest absolute Gasteiger partial charge is 0.343 e. The quantitative estimate of drug-likeness (QED) is 0.818. The average molecular weight is 309 g/mol. The molecule has 2 rings (SSSR count). The number of hydrogen-bond donors (Lipinski definition) is 1. The molecule has 1 amide bonds. The maximum Gasteiger partial charge on any atom is 0.222 e. The second-order valence-corrected chi connectivity index (χ2v) is 7.48. The van der Waals surface area contributed by atoms with E-state index in [-0.39, 0.29) is 0 Å². The highest BCUT2D eigenvalue weighted by Gasteiger charge is 2.25. The molecule has 0 aromatic rings. The fraction of sp³-hybridized carbons (Fsp3) is 0.944. The number of carbonyl (C=O) groups excluding carboxylic acids is 1. The summed E-state index contributed by atoms with van der Waals surface area (Å²) in [5.41, 5.74) is 0. The third kappa shape index (κ3) is 5.54. The van der Waals surface area contributed by atoms with Gasteiger partial charge in [0, 0.05) is 32.1 Å². The third-order valence-electron chi connectivity index (χ3n) is 5.31. The van der Waals surface area contributed by atoms with Gasteiger partial charge in [-0.1, -0.05) is 20.8 Å². The summed E-state index contributed by atoms with van der Waals surface area (Å²) in [5.74, 6) is 1.99. The Labute approximate surface area is 136 Å². The first-order valence-corrected chi connectivity index (χ1v) is 9.32. The Hall–Kier alpha value is -0.610. The summed E-state index contributed by atoms with van der Waals surface area (Å²) in [6.07, 6.45) is 5.73. The fourth-order valence-electron chi connectivity index (χ4n) is 3.73. The first kappa shape index (κ1) is 17.7. The highest BCUT2D eigenvalue weighted by molar-refractivity contribution is 5.75. The standard InChI is InChI=1S/C18H35N3O/c1-4-18(22)21-11-7-17(8-12-21)14-20-9-5-16(6-10-20)13-19-15(2)3/h15-17,19H,4-14H2,1-3H3. The van der Waals surface area contributed by atoms with Crippen molar-refractivity contribution in [1.29, 1.82) is 0 Å². The molecule has 2 saturated heterocycles. The number of carbonyl (C=O) groups is 1. The second-order valence-electron chi connectivity index (χ2n) is 7.48. The number of nitrogens with one attached hydrogen (secondary N) is 1. The SMILES string of the molecule is CCC(=O)N1CCC(CN2CCC(CNC(C)C)CC2)CC1. The van der Waals surface area contributed by atoms with Crippen LogP contribution in [0.15, 0.2) is 0 Å². The van der Waals surface area contributed by atoms with E-state index >= 15 is 0 Å². The van der Waals surface area contributed by atoms with Crippen LogP contribution in [0.25, 0.3) is 0 Å². The number of amides is 1. The number of nitrogens with zero attached hydrogens (tertiary/aromatic N) is 2. The fourth-order valence-corrected chi connectivity index (χ4v) is 3.73. The predicted octanol–water partition coefficient (Wildman–Crippen LogP) is 2.34. The second kappa shape index (κ2) is 8.88. The van der Waals surface area contributed by atoms with Gasteiger partial charge in [-0.25, -0.2) is 0 Å². The number of likely N-dealkylation sites (tertiary alicyclic amines) is 2. The van der Waals surface area contributed by atoms with E-state index in [1.165, 1.54) is 51.9 Å². The van der Waals surface area contributed by atoms with Crippen molar-refractivity contribution in [2.75, 3.05) is 39.3 Å². The summed E-state index contributed by atoms with van der Waals surface area (Å²) >= 11 is 0. The van der Waals surface area contributed by atoms with Gasteiger partial charge in [0.05, 0.1) is 0 Å². The molecular formula is C18H35N3O. The van der Waals surface area contributed by atoms with Gasteiger partial charge in [0.15, 0.2) is 0 Å². The van der Waals surface area contributed by atoms with Crippen LogP contribution in [0.1, 0.15) is 52.9 Å². The van der Waals surface area contributed by atoms with Gasteiger partial charge >= 0.3 is 0 Å². The predicted molar refractivity (Wildman–Crippen MR) is 91.9 cm³/mol. The number of piperidine rings is 2. The first-order valence-electron chi connectivity index (χ1n) is 9.32. The van der Waals surface area contributed by atoms with E-state index < -0.39 is 0 Å². The molecule has 0 radical (unpaired) electrons. The zero-order valence-electron chi connectivity index (χ0n) is 14.8. The molecule has 2 aliphatic rings. The number of rotatable bonds is 6. The Bertz CT molecular complexity index is 329. The van der Waals surface area contributed by atoms with E-state index in [4.69, 9.17) is 0 Å². The molecule has 1 N–H and O–H groups in total. The summed E-state index contributed by atoms with van der Waals surface area (Å²) in [5, 5.41) is 3.58. The van der Waals surface area contributed by atoms with Crippen molar-refractivity contribution >= 4 is 5.91 Å². The normalized spacial score (nSPS) is 22.5. The van der Waals surface area contributed by atoms with Crippen molar-refractivity contribution in [1.82, 2.24) is 15.1 Å². The molecule has 22 heavy (non-hydrogen) atoms. The van der Waals surface area contributed by atoms with E-state index in [0.29, 0.717) is 18.4 Å². The lowest BCUT2D eigenvalue weighted by molar-refractivity contribution is -0.132. The molecule has 0 unspecified atom stereocenters. The van der Waals surface area contributed by atoms with Crippen molar-refractivity contribution in [3.63, 3.8) is 0 Å². The van der Waals surface area contributed by atoms with E-state index in [0.717, 1.165) is 24.9 Å². The van der Waals surface area contributed by atoms with E-state index in [1.54, 1.807) is 0 Å². The van der Waals surface area contributed by atoms with Crippen LogP contribution >= 0.6 is 0 Å². The molecule has 2 fully saturated rings. The van der Waals surface area contributed by atoms with E-state index in [9.17, 15) is 4.79 Å². The van der Waals surface area contributed by atoms with Gasteiger partial charge in [-0.05, 0) is 57.2 Å². The Balaban J connectivity index is 1.62. The molecule has 0 aromatic carbocycles. The van der Waals surface area contributed by atoms with Gasteiger partial charge < -0.3 is 15.1 Å². The van der Waals surface area contributed by atoms with Crippen LogP contribution in [0, 0.1) is 11.8 Å². The molecule has 2 aliphatic heterocycles. The Kier molecular flexibility index (Phi) is 7.16. The molecule has 0 atom stereocenters. The first-order chi connectivity index (χ1) is 10.6. The number of hydrogen-bond acceptors (Lipinski definition) is 3. The van der Waals surface area contributed by atoms with E-state index in [2.05, 4.69) is 29.0 Å². The average Bonchev–Trinajstić information content (AvgIpc) is 2.54. The lowest BCUT2D eigenvalue weighted by atomic mass is 9.92. The summed E-state index contributed by atoms with van der Waals surface area (Å²) in [7, 11) is 0. The summed E-state index contributed by atoms with van der Waals surface area (Å²) in [6.45, 7) is 13.3. The molecule has 4 heteroatoms. The van der Waals surface area contributed by atoms with Crippen molar-refractivity contribution in [3.05, 3.63) is 0 Å². The molecule has 4 nitrogen and oxygen atoms in total. The minimum atomic E-state index is 0.330. The van der Waals surface area contributed by atoms with E-state index in [1.807, 2.05) is 6.92 Å². The van der Waals surface area contributed by atoms with Crippen LogP contribution in [-0.4, -0.2) is 61.0 Å². The molecular weight excluding hydrogens is 274 g/mol. The van der Waals surface area contributed by atoms with Crippen LogP contribution in [0.3, 0.4) is 0 Å². The van der Waals surface area contributed by atoms with Crippen molar-refractivity contribution in [3.8, 4) is 0 Å². The maximum absolute atomic E-state index is 11.7. The summed E-state index contributed by atoms with van der Waals surface area (Å²) in [4.78, 5) is 16.4. The Morgan fingerprint density at radius 2 is 1.64 bits per heavy atom. The molecule has 0 aromatic heterocycles. The Morgan fingerprint density at radius 1 is 1.05 bits per heavy atom. The molecule has 0 saturated carbocycles. The van der Waals surface area contributed by atoms with Crippen LogP contribution in [0.5, 0.6) is 0 Å². The van der Waals surface area contributed by atoms with Gasteiger partial charge in [0.25, 0.3) is 0 Å². The summed E-state index contributed by atoms with van der Waals surface area (Å²) in [6, 6.07) is 0.606. The molecule has 2 heterocycles. The molecule has 0 bridgehead atoms. The zero-order chi connectivity index (χ0) is 15.9. The highest BCUT2D eigenvalue weighted by Crippen LogP contribution is 2.22. The summed E-state index contributed by atoms with van der Waals surface area (Å²) < 4.78 is 0. The van der Waals surface area contributed by atoms with Crippen molar-refractivity contribution in [2.24, 2.45) is 11.8 Å². The topological polar surface area (TPSA) is 35.6 Å². The minimum Gasteiger partial charge on any atom is -0.343 e. The zero-order valence-corrected chi connectivity index (χ0v) is 14.8. The van der Waals surface area contributed by atoms with Gasteiger partial charge in [0.1, 0.15) is 0 Å². The van der Waals surface area contributed by atoms with Gasteiger partial charge in [-0.2, -0.15) is 0 Å². The van der Waals surface area contributed by atoms with Crippen molar-refractivity contribution < 1.29 is 4.79 Å². The minimum absolute atomic E-state index is 0.330. The smallest absolute Gasteiger partial charge is 0.222 e. The molecule has 128 valence electrons. The van der Waals surface area contributed by atoms with Crippen LogP contribution in [0.4, 0.5) is 0 Å².